The second-order valence-corrected chi connectivity index (χ2v) is 9.38. The molecule has 0 aliphatic carbocycles. The van der Waals surface area contributed by atoms with Crippen molar-refractivity contribution >= 4 is 35.0 Å². The van der Waals surface area contributed by atoms with E-state index in [1.165, 1.54) is 23.9 Å². The molecule has 1 saturated heterocycles. The van der Waals surface area contributed by atoms with Crippen molar-refractivity contribution in [2.75, 3.05) is 36.0 Å². The minimum absolute atomic E-state index is 0.0163. The molecule has 2 amide bonds. The highest BCUT2D eigenvalue weighted by molar-refractivity contribution is 8.04. The number of piperazine rings is 1. The number of rotatable bonds is 5. The van der Waals surface area contributed by atoms with Gasteiger partial charge < -0.3 is 9.80 Å². The molecule has 0 radical (unpaired) electrons. The first kappa shape index (κ1) is 22.2. The van der Waals surface area contributed by atoms with Crippen molar-refractivity contribution in [2.24, 2.45) is 0 Å². The third-order valence-electron chi connectivity index (χ3n) is 6.07. The Morgan fingerprint density at radius 2 is 1.35 bits per heavy atom. The first-order valence-electron chi connectivity index (χ1n) is 11.2. The van der Waals surface area contributed by atoms with Crippen LogP contribution in [-0.2, 0) is 9.59 Å². The number of nitrogens with zero attached hydrogens (tertiary/aromatic N) is 3. The van der Waals surface area contributed by atoms with E-state index in [4.69, 9.17) is 0 Å². The molecular weight excluding hydrogens is 449 g/mol. The number of imide groups is 1. The first-order chi connectivity index (χ1) is 16.5. The zero-order chi connectivity index (χ0) is 23.7. The molecule has 5 rings (SSSR count). The van der Waals surface area contributed by atoms with Gasteiger partial charge in [-0.2, -0.15) is 0 Å². The summed E-state index contributed by atoms with van der Waals surface area (Å²) in [6.07, 6.45) is 0. The van der Waals surface area contributed by atoms with Crippen molar-refractivity contribution in [3.05, 3.63) is 101 Å². The zero-order valence-electron chi connectivity index (χ0n) is 18.8. The van der Waals surface area contributed by atoms with E-state index in [2.05, 4.69) is 17.0 Å². The number of carbonyl (C=O) groups excluding carboxylic acids is 2. The minimum Gasteiger partial charge on any atom is -0.368 e. The van der Waals surface area contributed by atoms with Gasteiger partial charge in [-0.15, -0.1) is 0 Å². The number of hydrogen-bond donors (Lipinski definition) is 0. The third-order valence-corrected chi connectivity index (χ3v) is 7.15. The van der Waals surface area contributed by atoms with Crippen LogP contribution in [0, 0.1) is 12.7 Å². The Labute approximate surface area is 202 Å². The molecule has 0 aromatic heterocycles. The van der Waals surface area contributed by atoms with Gasteiger partial charge in [-0.25, -0.2) is 9.29 Å². The highest BCUT2D eigenvalue weighted by atomic mass is 32.2. The van der Waals surface area contributed by atoms with E-state index >= 15 is 0 Å². The van der Waals surface area contributed by atoms with Crippen LogP contribution in [0.5, 0.6) is 0 Å². The van der Waals surface area contributed by atoms with Gasteiger partial charge >= 0.3 is 0 Å². The van der Waals surface area contributed by atoms with E-state index in [9.17, 15) is 14.0 Å². The monoisotopic (exact) mass is 473 g/mol. The topological polar surface area (TPSA) is 43.9 Å². The molecule has 172 valence electrons. The molecule has 0 saturated carbocycles. The predicted octanol–water partition coefficient (Wildman–Crippen LogP) is 4.83. The van der Waals surface area contributed by atoms with Gasteiger partial charge in [0, 0.05) is 36.8 Å². The number of thioether (sulfide) groups is 1. The molecule has 34 heavy (non-hydrogen) atoms. The molecule has 3 aromatic rings. The summed E-state index contributed by atoms with van der Waals surface area (Å²) in [7, 11) is 0. The van der Waals surface area contributed by atoms with Gasteiger partial charge in [0.25, 0.3) is 11.8 Å². The Morgan fingerprint density at radius 1 is 0.735 bits per heavy atom. The van der Waals surface area contributed by atoms with Crippen LogP contribution < -0.4 is 9.80 Å². The highest BCUT2D eigenvalue weighted by Crippen LogP contribution is 2.39. The molecule has 2 heterocycles. The summed E-state index contributed by atoms with van der Waals surface area (Å²) in [5, 5.41) is 0. The summed E-state index contributed by atoms with van der Waals surface area (Å²) >= 11 is 1.26. The number of hydrogen-bond acceptors (Lipinski definition) is 5. The van der Waals surface area contributed by atoms with E-state index in [-0.39, 0.29) is 5.69 Å². The maximum atomic E-state index is 14.6. The molecule has 0 atom stereocenters. The number of halogens is 1. The van der Waals surface area contributed by atoms with E-state index < -0.39 is 17.6 Å². The normalized spacial score (nSPS) is 16.6. The van der Waals surface area contributed by atoms with Crippen LogP contribution in [-0.4, -0.2) is 42.9 Å². The van der Waals surface area contributed by atoms with Crippen LogP contribution in [0.15, 0.2) is 94.4 Å². The Kier molecular flexibility index (Phi) is 6.11. The lowest BCUT2D eigenvalue weighted by Crippen LogP contribution is -2.47. The Balaban J connectivity index is 1.47. The predicted molar refractivity (Wildman–Crippen MR) is 133 cm³/mol. The smallest absolute Gasteiger partial charge is 0.283 e. The first-order valence-corrected chi connectivity index (χ1v) is 12.0. The molecule has 3 aromatic carbocycles. The fourth-order valence-electron chi connectivity index (χ4n) is 4.27. The lowest BCUT2D eigenvalue weighted by atomic mass is 10.2. The van der Waals surface area contributed by atoms with Gasteiger partial charge in [0.15, 0.2) is 0 Å². The molecule has 7 heteroatoms. The van der Waals surface area contributed by atoms with Crippen LogP contribution in [0.1, 0.15) is 5.56 Å². The second kappa shape index (κ2) is 9.35. The Hall–Kier alpha value is -3.58. The van der Waals surface area contributed by atoms with E-state index in [0.29, 0.717) is 23.7 Å². The average Bonchev–Trinajstić information content (AvgIpc) is 3.10. The van der Waals surface area contributed by atoms with E-state index in [0.717, 1.165) is 34.1 Å². The number of benzene rings is 3. The van der Waals surface area contributed by atoms with Crippen LogP contribution in [0.3, 0.4) is 0 Å². The van der Waals surface area contributed by atoms with Crippen LogP contribution in [0.2, 0.25) is 0 Å². The number of anilines is 2. The van der Waals surface area contributed by atoms with Crippen molar-refractivity contribution in [1.82, 2.24) is 4.90 Å². The number of aryl methyl sites for hydroxylation is 1. The number of amides is 2. The largest absolute Gasteiger partial charge is 0.368 e. The zero-order valence-corrected chi connectivity index (χ0v) is 19.6. The molecule has 2 aliphatic rings. The molecule has 1 fully saturated rings. The highest BCUT2D eigenvalue weighted by Gasteiger charge is 2.43. The maximum Gasteiger partial charge on any atom is 0.283 e. The quantitative estimate of drug-likeness (QED) is 0.497. The summed E-state index contributed by atoms with van der Waals surface area (Å²) < 4.78 is 14.6. The van der Waals surface area contributed by atoms with Gasteiger partial charge in [-0.05, 0) is 43.3 Å². The van der Waals surface area contributed by atoms with Gasteiger partial charge in [0.1, 0.15) is 16.4 Å². The molecule has 0 spiro atoms. The molecule has 0 unspecified atom stereocenters. The summed E-state index contributed by atoms with van der Waals surface area (Å²) in [6.45, 7) is 4.61. The average molecular weight is 474 g/mol. The SMILES string of the molecule is Cc1ccc(SC2=C(N3CCN(c4ccccc4)CC3)C(=O)N(c3ccccc3F)C2=O)cc1. The van der Waals surface area contributed by atoms with Gasteiger partial charge in [0.2, 0.25) is 0 Å². The van der Waals surface area contributed by atoms with Crippen LogP contribution in [0.25, 0.3) is 0 Å². The molecule has 2 aliphatic heterocycles. The molecule has 0 bridgehead atoms. The van der Waals surface area contributed by atoms with E-state index in [1.54, 1.807) is 12.1 Å². The lowest BCUT2D eigenvalue weighted by Gasteiger charge is -2.37. The fraction of sp³-hybridized carbons (Fsp3) is 0.185. The summed E-state index contributed by atoms with van der Waals surface area (Å²) in [6, 6.07) is 23.8. The van der Waals surface area contributed by atoms with Crippen molar-refractivity contribution in [2.45, 2.75) is 11.8 Å². The second-order valence-electron chi connectivity index (χ2n) is 8.30. The summed E-state index contributed by atoms with van der Waals surface area (Å²) in [5.74, 6) is -1.56. The van der Waals surface area contributed by atoms with Gasteiger partial charge in [-0.3, -0.25) is 9.59 Å². The van der Waals surface area contributed by atoms with Crippen molar-refractivity contribution in [3.8, 4) is 0 Å². The Bertz CT molecular complexity index is 1250. The van der Waals surface area contributed by atoms with Gasteiger partial charge in [-0.1, -0.05) is 59.8 Å². The van der Waals surface area contributed by atoms with E-state index in [1.807, 2.05) is 54.3 Å². The Morgan fingerprint density at radius 3 is 2.03 bits per heavy atom. The summed E-state index contributed by atoms with van der Waals surface area (Å²) in [4.78, 5) is 33.5. The lowest BCUT2D eigenvalue weighted by molar-refractivity contribution is -0.121. The molecule has 5 nitrogen and oxygen atoms in total. The van der Waals surface area contributed by atoms with Crippen LogP contribution >= 0.6 is 11.8 Å². The maximum absolute atomic E-state index is 14.6. The van der Waals surface area contributed by atoms with Crippen molar-refractivity contribution in [3.63, 3.8) is 0 Å². The standard InChI is InChI=1S/C27H24FN3O2S/c1-19-11-13-21(14-12-19)34-25-24(26(32)31(27(25)33)23-10-6-5-9-22(23)28)30-17-15-29(16-18-30)20-7-3-2-4-8-20/h2-14H,15-18H2,1H3. The third kappa shape index (κ3) is 4.19. The fourth-order valence-corrected chi connectivity index (χ4v) is 5.27. The number of para-hydroxylation sites is 2. The number of carbonyl (C=O) groups is 2. The van der Waals surface area contributed by atoms with Gasteiger partial charge in [0.05, 0.1) is 5.69 Å². The molecular formula is C27H24FN3O2S. The minimum atomic E-state index is -0.598. The van der Waals surface area contributed by atoms with Crippen molar-refractivity contribution < 1.29 is 14.0 Å². The molecule has 0 N–H and O–H groups in total. The summed E-state index contributed by atoms with van der Waals surface area (Å²) in [5.41, 5.74) is 2.58. The van der Waals surface area contributed by atoms with Crippen LogP contribution in [0.4, 0.5) is 15.8 Å². The van der Waals surface area contributed by atoms with Crippen molar-refractivity contribution in [1.29, 1.82) is 0 Å².